The standard InChI is InChI=1S/C17H20N6O2/c1-3-12(24-2)7-5-4-6-10-23-14-8-9-19-11-13(14)20-17(23)15-16(18)22-25-21-15/h3-4,6,8-9,11H,5,7,10H2,1-2H3,(H2,18,22)/b6-4-,12-3+. The third-order valence-electron chi connectivity index (χ3n) is 3.87. The smallest absolute Gasteiger partial charge is 0.199 e. The minimum Gasteiger partial charge on any atom is -0.501 e. The van der Waals surface area contributed by atoms with Gasteiger partial charge in [0.2, 0.25) is 0 Å². The van der Waals surface area contributed by atoms with Crippen LogP contribution in [0.15, 0.2) is 47.1 Å². The Morgan fingerprint density at radius 2 is 2.24 bits per heavy atom. The number of allylic oxidation sites excluding steroid dienone is 4. The van der Waals surface area contributed by atoms with Gasteiger partial charge in [0.1, 0.15) is 5.52 Å². The minimum atomic E-state index is 0.214. The fourth-order valence-electron chi connectivity index (χ4n) is 2.59. The second-order valence-electron chi connectivity index (χ2n) is 5.38. The maximum atomic E-state index is 5.83. The first-order valence-corrected chi connectivity index (χ1v) is 7.97. The second-order valence-corrected chi connectivity index (χ2v) is 5.38. The van der Waals surface area contributed by atoms with E-state index >= 15 is 0 Å². The molecular formula is C17H20N6O2. The third-order valence-corrected chi connectivity index (χ3v) is 3.87. The van der Waals surface area contributed by atoms with E-state index in [2.05, 4.69) is 32.4 Å². The zero-order valence-electron chi connectivity index (χ0n) is 14.2. The first-order chi connectivity index (χ1) is 12.2. The lowest BCUT2D eigenvalue weighted by atomic mass is 10.2. The predicted octanol–water partition coefficient (Wildman–Crippen LogP) is 2.95. The van der Waals surface area contributed by atoms with E-state index in [1.807, 2.05) is 23.6 Å². The molecule has 25 heavy (non-hydrogen) atoms. The van der Waals surface area contributed by atoms with Crippen molar-refractivity contribution in [2.75, 3.05) is 12.8 Å². The molecule has 3 rings (SSSR count). The van der Waals surface area contributed by atoms with Gasteiger partial charge in [0.15, 0.2) is 17.3 Å². The average molecular weight is 340 g/mol. The number of aromatic nitrogens is 5. The monoisotopic (exact) mass is 340 g/mol. The summed E-state index contributed by atoms with van der Waals surface area (Å²) in [6, 6.07) is 1.91. The number of imidazole rings is 1. The highest BCUT2D eigenvalue weighted by molar-refractivity contribution is 5.80. The number of nitrogen functional groups attached to an aromatic ring is 1. The molecule has 130 valence electrons. The number of hydrogen-bond acceptors (Lipinski definition) is 7. The van der Waals surface area contributed by atoms with Crippen molar-refractivity contribution in [1.29, 1.82) is 0 Å². The van der Waals surface area contributed by atoms with Crippen LogP contribution in [-0.2, 0) is 11.3 Å². The number of hydrogen-bond donors (Lipinski definition) is 1. The Balaban J connectivity index is 1.84. The predicted molar refractivity (Wildman–Crippen MR) is 94.4 cm³/mol. The highest BCUT2D eigenvalue weighted by Gasteiger charge is 2.18. The molecule has 8 nitrogen and oxygen atoms in total. The Hall–Kier alpha value is -3.16. The summed E-state index contributed by atoms with van der Waals surface area (Å²) in [4.78, 5) is 8.68. The molecule has 3 aromatic heterocycles. The summed E-state index contributed by atoms with van der Waals surface area (Å²) in [5.74, 6) is 1.80. The fraction of sp³-hybridized carbons (Fsp3) is 0.294. The number of ether oxygens (including phenoxy) is 1. The topological polar surface area (TPSA) is 105 Å². The van der Waals surface area contributed by atoms with Crippen molar-refractivity contribution in [3.05, 3.63) is 42.4 Å². The lowest BCUT2D eigenvalue weighted by molar-refractivity contribution is 0.277. The number of nitrogens with two attached hydrogens (primary N) is 1. The van der Waals surface area contributed by atoms with E-state index < -0.39 is 0 Å². The van der Waals surface area contributed by atoms with Crippen LogP contribution in [0.2, 0.25) is 0 Å². The van der Waals surface area contributed by atoms with Gasteiger partial charge in [-0.15, -0.1) is 0 Å². The summed E-state index contributed by atoms with van der Waals surface area (Å²) in [6.07, 6.45) is 11.4. The van der Waals surface area contributed by atoms with Gasteiger partial charge < -0.3 is 15.0 Å². The van der Waals surface area contributed by atoms with E-state index in [1.54, 1.807) is 19.5 Å². The molecule has 0 unspecified atom stereocenters. The minimum absolute atomic E-state index is 0.214. The first kappa shape index (κ1) is 16.7. The van der Waals surface area contributed by atoms with E-state index in [-0.39, 0.29) is 5.82 Å². The van der Waals surface area contributed by atoms with E-state index in [0.29, 0.717) is 18.1 Å². The molecule has 8 heteroatoms. The largest absolute Gasteiger partial charge is 0.501 e. The lowest BCUT2D eigenvalue weighted by Gasteiger charge is -2.05. The first-order valence-electron chi connectivity index (χ1n) is 7.97. The van der Waals surface area contributed by atoms with Crippen molar-refractivity contribution in [2.45, 2.75) is 26.3 Å². The number of pyridine rings is 1. The van der Waals surface area contributed by atoms with Crippen LogP contribution in [0.25, 0.3) is 22.6 Å². The molecule has 3 heterocycles. The van der Waals surface area contributed by atoms with E-state index in [1.165, 1.54) is 0 Å². The molecule has 0 radical (unpaired) electrons. The molecule has 3 aromatic rings. The van der Waals surface area contributed by atoms with Crippen molar-refractivity contribution in [3.8, 4) is 11.5 Å². The van der Waals surface area contributed by atoms with E-state index in [9.17, 15) is 0 Å². The molecule has 0 aliphatic rings. The summed E-state index contributed by atoms with van der Waals surface area (Å²) in [5.41, 5.74) is 7.97. The Morgan fingerprint density at radius 1 is 1.36 bits per heavy atom. The molecule has 2 N–H and O–H groups in total. The Kier molecular flexibility index (Phi) is 5.08. The summed E-state index contributed by atoms with van der Waals surface area (Å²) in [6.45, 7) is 2.59. The van der Waals surface area contributed by atoms with Crippen LogP contribution < -0.4 is 5.73 Å². The highest BCUT2D eigenvalue weighted by atomic mass is 16.6. The SMILES string of the molecule is C/C=C(\CC/C=C\Cn1c(-c2nonc2N)nc2cnccc21)OC. The molecule has 0 bridgehead atoms. The van der Waals surface area contributed by atoms with Crippen LogP contribution in [-0.4, -0.2) is 32.0 Å². The Labute approximate surface area is 145 Å². The van der Waals surface area contributed by atoms with Gasteiger partial charge >= 0.3 is 0 Å². The number of nitrogens with zero attached hydrogens (tertiary/aromatic N) is 5. The van der Waals surface area contributed by atoms with Gasteiger partial charge in [-0.2, -0.15) is 0 Å². The van der Waals surface area contributed by atoms with Gasteiger partial charge in [-0.3, -0.25) is 4.98 Å². The third kappa shape index (κ3) is 3.52. The molecule has 0 aromatic carbocycles. The summed E-state index contributed by atoms with van der Waals surface area (Å²) < 4.78 is 12.0. The van der Waals surface area contributed by atoms with Crippen LogP contribution in [0, 0.1) is 0 Å². The Morgan fingerprint density at radius 3 is 2.96 bits per heavy atom. The Bertz CT molecular complexity index is 909. The maximum Gasteiger partial charge on any atom is 0.199 e. The molecular weight excluding hydrogens is 320 g/mol. The number of anilines is 1. The zero-order chi connectivity index (χ0) is 17.6. The van der Waals surface area contributed by atoms with Crippen molar-refractivity contribution in [1.82, 2.24) is 24.8 Å². The van der Waals surface area contributed by atoms with Crippen LogP contribution in [0.4, 0.5) is 5.82 Å². The molecule has 0 spiro atoms. The van der Waals surface area contributed by atoms with Crippen molar-refractivity contribution in [2.24, 2.45) is 0 Å². The van der Waals surface area contributed by atoms with Crippen molar-refractivity contribution < 1.29 is 9.37 Å². The molecule has 0 fully saturated rings. The van der Waals surface area contributed by atoms with Gasteiger partial charge in [0.25, 0.3) is 0 Å². The van der Waals surface area contributed by atoms with Crippen molar-refractivity contribution in [3.63, 3.8) is 0 Å². The normalized spacial score (nSPS) is 12.3. The van der Waals surface area contributed by atoms with Gasteiger partial charge in [-0.25, -0.2) is 9.61 Å². The molecule has 0 aliphatic carbocycles. The number of rotatable bonds is 7. The quantitative estimate of drug-likeness (QED) is 0.520. The van der Waals surface area contributed by atoms with Gasteiger partial charge in [-0.1, -0.05) is 12.2 Å². The summed E-state index contributed by atoms with van der Waals surface area (Å²) in [5, 5.41) is 7.51. The summed E-state index contributed by atoms with van der Waals surface area (Å²) >= 11 is 0. The van der Waals surface area contributed by atoms with E-state index in [4.69, 9.17) is 15.1 Å². The number of fused-ring (bicyclic) bond motifs is 1. The maximum absolute atomic E-state index is 5.83. The second kappa shape index (κ2) is 7.61. The summed E-state index contributed by atoms with van der Waals surface area (Å²) in [7, 11) is 1.69. The van der Waals surface area contributed by atoms with Gasteiger partial charge in [0.05, 0.1) is 24.6 Å². The molecule has 0 amide bonds. The van der Waals surface area contributed by atoms with Crippen molar-refractivity contribution >= 4 is 16.9 Å². The molecule has 0 aliphatic heterocycles. The fourth-order valence-corrected chi connectivity index (χ4v) is 2.59. The van der Waals surface area contributed by atoms with Crippen LogP contribution in [0.1, 0.15) is 19.8 Å². The van der Waals surface area contributed by atoms with Crippen LogP contribution in [0.5, 0.6) is 0 Å². The average Bonchev–Trinajstić information content (AvgIpc) is 3.21. The lowest BCUT2D eigenvalue weighted by Crippen LogP contribution is -2.01. The zero-order valence-corrected chi connectivity index (χ0v) is 14.2. The molecule has 0 atom stereocenters. The van der Waals surface area contributed by atoms with Gasteiger partial charge in [-0.05, 0) is 35.8 Å². The van der Waals surface area contributed by atoms with E-state index in [0.717, 1.165) is 29.6 Å². The number of methoxy groups -OCH3 is 1. The molecule has 0 saturated carbocycles. The van der Waals surface area contributed by atoms with Gasteiger partial charge in [0, 0.05) is 19.2 Å². The van der Waals surface area contributed by atoms with Crippen LogP contribution in [0.3, 0.4) is 0 Å². The van der Waals surface area contributed by atoms with Crippen LogP contribution >= 0.6 is 0 Å². The molecule has 0 saturated heterocycles. The highest BCUT2D eigenvalue weighted by Crippen LogP contribution is 2.26.